The van der Waals surface area contributed by atoms with E-state index in [4.69, 9.17) is 21.1 Å². The van der Waals surface area contributed by atoms with E-state index in [0.717, 1.165) is 11.1 Å². The molecular weight excluding hydrogens is 416 g/mol. The second-order valence-corrected chi connectivity index (χ2v) is 8.12. The van der Waals surface area contributed by atoms with Gasteiger partial charge in [0.15, 0.2) is 11.5 Å². The number of amides is 2. The first-order valence-corrected chi connectivity index (χ1v) is 10.7. The molecule has 0 aliphatic rings. The summed E-state index contributed by atoms with van der Waals surface area (Å²) >= 11 is 6.11. The standard InChI is InChI=1S/C24H31ClN2O4/c1-16(2)26-24(29)17(3)27(15-19-7-6-8-20(25)13-19)23(28)12-10-18-9-11-21(30-4)22(14-18)31-5/h6-9,11,13-14,16-17H,10,12,15H2,1-5H3,(H,26,29)/t17-/m1/s1. The fourth-order valence-electron chi connectivity index (χ4n) is 3.25. The molecule has 2 aromatic carbocycles. The molecule has 0 heterocycles. The van der Waals surface area contributed by atoms with E-state index >= 15 is 0 Å². The number of hydrogen-bond donors (Lipinski definition) is 1. The van der Waals surface area contributed by atoms with Crippen LogP contribution in [0.25, 0.3) is 0 Å². The van der Waals surface area contributed by atoms with Gasteiger partial charge in [-0.3, -0.25) is 9.59 Å². The van der Waals surface area contributed by atoms with Gasteiger partial charge in [-0.05, 0) is 62.6 Å². The molecular formula is C24H31ClN2O4. The Morgan fingerprint density at radius 2 is 1.71 bits per heavy atom. The second-order valence-electron chi connectivity index (χ2n) is 7.68. The van der Waals surface area contributed by atoms with Gasteiger partial charge in [0.05, 0.1) is 14.2 Å². The molecule has 0 unspecified atom stereocenters. The van der Waals surface area contributed by atoms with Crippen LogP contribution in [0.1, 0.15) is 38.3 Å². The molecule has 0 spiro atoms. The normalized spacial score (nSPS) is 11.7. The van der Waals surface area contributed by atoms with Crippen molar-refractivity contribution in [1.29, 1.82) is 0 Å². The summed E-state index contributed by atoms with van der Waals surface area (Å²) in [6.45, 7) is 5.84. The van der Waals surface area contributed by atoms with Gasteiger partial charge in [-0.15, -0.1) is 0 Å². The minimum atomic E-state index is -0.612. The summed E-state index contributed by atoms with van der Waals surface area (Å²) in [6, 6.07) is 12.3. The van der Waals surface area contributed by atoms with Crippen molar-refractivity contribution in [2.45, 2.75) is 52.2 Å². The van der Waals surface area contributed by atoms with Crippen molar-refractivity contribution in [3.63, 3.8) is 0 Å². The molecule has 7 heteroatoms. The molecule has 0 saturated carbocycles. The van der Waals surface area contributed by atoms with Gasteiger partial charge in [0.1, 0.15) is 6.04 Å². The highest BCUT2D eigenvalue weighted by atomic mass is 35.5. The molecule has 1 N–H and O–H groups in total. The van der Waals surface area contributed by atoms with Crippen molar-refractivity contribution in [2.24, 2.45) is 0 Å². The van der Waals surface area contributed by atoms with Crippen LogP contribution in [0.2, 0.25) is 5.02 Å². The smallest absolute Gasteiger partial charge is 0.242 e. The minimum Gasteiger partial charge on any atom is -0.493 e. The SMILES string of the molecule is COc1ccc(CCC(=O)N(Cc2cccc(Cl)c2)[C@H](C)C(=O)NC(C)C)cc1OC. The van der Waals surface area contributed by atoms with Crippen LogP contribution in [0.5, 0.6) is 11.5 Å². The van der Waals surface area contributed by atoms with E-state index in [0.29, 0.717) is 29.5 Å². The molecule has 2 aromatic rings. The van der Waals surface area contributed by atoms with E-state index in [1.54, 1.807) is 32.1 Å². The van der Waals surface area contributed by atoms with Gasteiger partial charge in [-0.1, -0.05) is 29.8 Å². The van der Waals surface area contributed by atoms with E-state index in [2.05, 4.69) is 5.32 Å². The number of benzene rings is 2. The Kier molecular flexibility index (Phi) is 9.19. The molecule has 0 fully saturated rings. The maximum atomic E-state index is 13.2. The number of rotatable bonds is 10. The fourth-order valence-corrected chi connectivity index (χ4v) is 3.46. The summed E-state index contributed by atoms with van der Waals surface area (Å²) in [4.78, 5) is 27.4. The van der Waals surface area contributed by atoms with Crippen LogP contribution in [-0.4, -0.2) is 43.0 Å². The maximum absolute atomic E-state index is 13.2. The topological polar surface area (TPSA) is 67.9 Å². The van der Waals surface area contributed by atoms with Crippen molar-refractivity contribution in [2.75, 3.05) is 14.2 Å². The Bertz CT molecular complexity index is 901. The van der Waals surface area contributed by atoms with Gasteiger partial charge in [-0.25, -0.2) is 0 Å². The van der Waals surface area contributed by atoms with Crippen LogP contribution in [0.3, 0.4) is 0 Å². The number of nitrogens with zero attached hydrogens (tertiary/aromatic N) is 1. The third kappa shape index (κ3) is 7.17. The van der Waals surface area contributed by atoms with Crippen LogP contribution in [0, 0.1) is 0 Å². The van der Waals surface area contributed by atoms with E-state index < -0.39 is 6.04 Å². The van der Waals surface area contributed by atoms with Gasteiger partial charge in [0, 0.05) is 24.0 Å². The Morgan fingerprint density at radius 1 is 1.00 bits per heavy atom. The predicted molar refractivity (Wildman–Crippen MR) is 123 cm³/mol. The lowest BCUT2D eigenvalue weighted by Crippen LogP contribution is -2.49. The summed E-state index contributed by atoms with van der Waals surface area (Å²) in [5.74, 6) is 0.963. The Hall–Kier alpha value is -2.73. The number of methoxy groups -OCH3 is 2. The molecule has 0 bridgehead atoms. The van der Waals surface area contributed by atoms with Gasteiger partial charge < -0.3 is 19.7 Å². The summed E-state index contributed by atoms with van der Waals surface area (Å²) in [7, 11) is 3.16. The monoisotopic (exact) mass is 446 g/mol. The van der Waals surface area contributed by atoms with E-state index in [-0.39, 0.29) is 24.3 Å². The molecule has 0 radical (unpaired) electrons. The van der Waals surface area contributed by atoms with Gasteiger partial charge >= 0.3 is 0 Å². The molecule has 2 rings (SSSR count). The van der Waals surface area contributed by atoms with Gasteiger partial charge in [0.2, 0.25) is 11.8 Å². The Labute approximate surface area is 189 Å². The molecule has 168 valence electrons. The van der Waals surface area contributed by atoms with Crippen LogP contribution in [0.15, 0.2) is 42.5 Å². The van der Waals surface area contributed by atoms with Crippen LogP contribution >= 0.6 is 11.6 Å². The Balaban J connectivity index is 2.17. The number of halogens is 1. The number of hydrogen-bond acceptors (Lipinski definition) is 4. The van der Waals surface area contributed by atoms with Crippen LogP contribution in [-0.2, 0) is 22.6 Å². The minimum absolute atomic E-state index is 0.00941. The predicted octanol–water partition coefficient (Wildman–Crippen LogP) is 4.23. The van der Waals surface area contributed by atoms with Crippen molar-refractivity contribution in [1.82, 2.24) is 10.2 Å². The van der Waals surface area contributed by atoms with Crippen molar-refractivity contribution < 1.29 is 19.1 Å². The van der Waals surface area contributed by atoms with Gasteiger partial charge in [-0.2, -0.15) is 0 Å². The number of carbonyl (C=O) groups excluding carboxylic acids is 2. The van der Waals surface area contributed by atoms with E-state index in [1.807, 2.05) is 50.2 Å². The first-order valence-electron chi connectivity index (χ1n) is 10.3. The zero-order valence-corrected chi connectivity index (χ0v) is 19.5. The molecule has 1 atom stereocenters. The van der Waals surface area contributed by atoms with E-state index in [1.165, 1.54) is 0 Å². The largest absolute Gasteiger partial charge is 0.493 e. The molecule has 2 amide bonds. The lowest BCUT2D eigenvalue weighted by atomic mass is 10.1. The first-order chi connectivity index (χ1) is 14.7. The molecule has 31 heavy (non-hydrogen) atoms. The number of carbonyl (C=O) groups is 2. The average molecular weight is 447 g/mol. The van der Waals surface area contributed by atoms with Gasteiger partial charge in [0.25, 0.3) is 0 Å². The van der Waals surface area contributed by atoms with Crippen LogP contribution < -0.4 is 14.8 Å². The Morgan fingerprint density at radius 3 is 2.32 bits per heavy atom. The zero-order valence-electron chi connectivity index (χ0n) is 18.8. The fraction of sp³-hybridized carbons (Fsp3) is 0.417. The quantitative estimate of drug-likeness (QED) is 0.593. The lowest BCUT2D eigenvalue weighted by molar-refractivity contribution is -0.140. The van der Waals surface area contributed by atoms with Crippen molar-refractivity contribution in [3.05, 3.63) is 58.6 Å². The van der Waals surface area contributed by atoms with E-state index in [9.17, 15) is 9.59 Å². The summed E-state index contributed by atoms with van der Waals surface area (Å²) in [5.41, 5.74) is 1.82. The summed E-state index contributed by atoms with van der Waals surface area (Å²) in [6.07, 6.45) is 0.777. The number of ether oxygens (including phenoxy) is 2. The summed E-state index contributed by atoms with van der Waals surface area (Å²) < 4.78 is 10.6. The third-order valence-corrected chi connectivity index (χ3v) is 5.15. The first kappa shape index (κ1) is 24.5. The second kappa shape index (κ2) is 11.6. The molecule has 0 aromatic heterocycles. The molecule has 0 saturated heterocycles. The molecule has 0 aliphatic carbocycles. The summed E-state index contributed by atoms with van der Waals surface area (Å²) in [5, 5.41) is 3.48. The highest BCUT2D eigenvalue weighted by Crippen LogP contribution is 2.28. The number of aryl methyl sites for hydroxylation is 1. The average Bonchev–Trinajstić information content (AvgIpc) is 2.74. The highest BCUT2D eigenvalue weighted by Gasteiger charge is 2.26. The van der Waals surface area contributed by atoms with Crippen molar-refractivity contribution >= 4 is 23.4 Å². The number of nitrogens with one attached hydrogen (secondary N) is 1. The third-order valence-electron chi connectivity index (χ3n) is 4.92. The van der Waals surface area contributed by atoms with Crippen LogP contribution in [0.4, 0.5) is 0 Å². The maximum Gasteiger partial charge on any atom is 0.242 e. The lowest BCUT2D eigenvalue weighted by Gasteiger charge is -2.29. The molecule has 0 aliphatic heterocycles. The molecule has 6 nitrogen and oxygen atoms in total. The highest BCUT2D eigenvalue weighted by molar-refractivity contribution is 6.30. The van der Waals surface area contributed by atoms with Crippen molar-refractivity contribution in [3.8, 4) is 11.5 Å². The zero-order chi connectivity index (χ0) is 23.0.